The van der Waals surface area contributed by atoms with E-state index in [1.165, 1.54) is 0 Å². The molecule has 0 bridgehead atoms. The molecule has 2 aromatic rings. The Balaban J connectivity index is 1.61. The van der Waals surface area contributed by atoms with Crippen LogP contribution in [0.15, 0.2) is 30.5 Å². The zero-order valence-electron chi connectivity index (χ0n) is 14.7. The van der Waals surface area contributed by atoms with Crippen molar-refractivity contribution in [2.45, 2.75) is 51.1 Å². The molecular formula is C19H22N4O3. The fourth-order valence-electron chi connectivity index (χ4n) is 4.29. The molecule has 1 aromatic carbocycles. The monoisotopic (exact) mass is 354 g/mol. The van der Waals surface area contributed by atoms with E-state index in [1.54, 1.807) is 15.8 Å². The average Bonchev–Trinajstić information content (AvgIpc) is 3.27. The quantitative estimate of drug-likeness (QED) is 0.914. The van der Waals surface area contributed by atoms with Crippen LogP contribution in [0.3, 0.4) is 0 Å². The Kier molecular flexibility index (Phi) is 4.22. The summed E-state index contributed by atoms with van der Waals surface area (Å²) in [5, 5.41) is 17.7. The molecular weight excluding hydrogens is 332 g/mol. The Labute approximate surface area is 151 Å². The molecule has 1 aromatic heterocycles. The van der Waals surface area contributed by atoms with Crippen molar-refractivity contribution in [3.8, 4) is 5.69 Å². The molecule has 3 unspecified atom stereocenters. The number of carbonyl (C=O) groups excluding carboxylic acids is 1. The molecule has 1 amide bonds. The van der Waals surface area contributed by atoms with Crippen LogP contribution in [0.5, 0.6) is 0 Å². The van der Waals surface area contributed by atoms with Crippen LogP contribution in [0.2, 0.25) is 0 Å². The van der Waals surface area contributed by atoms with Crippen molar-refractivity contribution in [2.75, 3.05) is 0 Å². The maximum atomic E-state index is 13.1. The van der Waals surface area contributed by atoms with Crippen molar-refractivity contribution in [1.29, 1.82) is 0 Å². The number of carboxylic acid groups (broad SMARTS) is 1. The Hall–Kier alpha value is -2.70. The lowest BCUT2D eigenvalue weighted by Gasteiger charge is -2.32. The number of aromatic nitrogens is 3. The molecule has 1 aliphatic heterocycles. The maximum absolute atomic E-state index is 13.1. The Morgan fingerprint density at radius 1 is 1.15 bits per heavy atom. The summed E-state index contributed by atoms with van der Waals surface area (Å²) in [7, 11) is 0. The number of benzene rings is 1. The molecule has 2 aliphatic rings. The number of hydrogen-bond acceptors (Lipinski definition) is 4. The summed E-state index contributed by atoms with van der Waals surface area (Å²) in [4.78, 5) is 26.3. The summed E-state index contributed by atoms with van der Waals surface area (Å²) in [6, 6.07) is 6.98. The highest BCUT2D eigenvalue weighted by molar-refractivity contribution is 5.95. The summed E-state index contributed by atoms with van der Waals surface area (Å²) >= 11 is 0. The molecule has 4 rings (SSSR count). The number of fused-ring (bicyclic) bond motifs is 1. The molecule has 7 nitrogen and oxygen atoms in total. The van der Waals surface area contributed by atoms with Gasteiger partial charge in [0.05, 0.1) is 11.9 Å². The number of aliphatic carboxylic acids is 1. The number of rotatable bonds is 3. The van der Waals surface area contributed by atoms with Gasteiger partial charge in [-0.2, -0.15) is 0 Å². The van der Waals surface area contributed by atoms with Gasteiger partial charge in [0.1, 0.15) is 6.04 Å². The van der Waals surface area contributed by atoms with E-state index in [9.17, 15) is 14.7 Å². The van der Waals surface area contributed by atoms with Gasteiger partial charge in [-0.3, -0.25) is 4.79 Å². The van der Waals surface area contributed by atoms with Gasteiger partial charge in [0.25, 0.3) is 5.91 Å². The largest absolute Gasteiger partial charge is 0.480 e. The van der Waals surface area contributed by atoms with E-state index >= 15 is 0 Å². The van der Waals surface area contributed by atoms with Gasteiger partial charge in [-0.15, -0.1) is 5.10 Å². The Morgan fingerprint density at radius 2 is 1.88 bits per heavy atom. The second-order valence-corrected chi connectivity index (χ2v) is 7.30. The van der Waals surface area contributed by atoms with E-state index in [0.717, 1.165) is 36.9 Å². The number of amides is 1. The van der Waals surface area contributed by atoms with Crippen LogP contribution in [0.1, 0.15) is 48.2 Å². The van der Waals surface area contributed by atoms with Gasteiger partial charge < -0.3 is 10.0 Å². The minimum Gasteiger partial charge on any atom is -0.480 e. The lowest BCUT2D eigenvalue weighted by molar-refractivity contribution is -0.141. The van der Waals surface area contributed by atoms with Crippen molar-refractivity contribution >= 4 is 11.9 Å². The fourth-order valence-corrected chi connectivity index (χ4v) is 4.29. The van der Waals surface area contributed by atoms with E-state index in [1.807, 2.05) is 31.2 Å². The molecule has 26 heavy (non-hydrogen) atoms. The van der Waals surface area contributed by atoms with Crippen molar-refractivity contribution in [1.82, 2.24) is 19.9 Å². The zero-order valence-corrected chi connectivity index (χ0v) is 14.7. The van der Waals surface area contributed by atoms with Crippen LogP contribution < -0.4 is 0 Å². The van der Waals surface area contributed by atoms with Crippen molar-refractivity contribution < 1.29 is 14.7 Å². The lowest BCUT2D eigenvalue weighted by atomic mass is 9.84. The lowest BCUT2D eigenvalue weighted by Crippen LogP contribution is -2.46. The van der Waals surface area contributed by atoms with Crippen LogP contribution >= 0.6 is 0 Å². The minimum atomic E-state index is -0.932. The number of aryl methyl sites for hydroxylation is 1. The first-order chi connectivity index (χ1) is 12.5. The highest BCUT2D eigenvalue weighted by Crippen LogP contribution is 2.40. The van der Waals surface area contributed by atoms with Crippen molar-refractivity contribution in [3.05, 3.63) is 41.7 Å². The number of carboxylic acids is 1. The summed E-state index contributed by atoms with van der Waals surface area (Å²) in [5.74, 6) is -0.982. The average molecular weight is 354 g/mol. The van der Waals surface area contributed by atoms with Gasteiger partial charge in [-0.25, -0.2) is 9.48 Å². The molecule has 1 aliphatic carbocycles. The predicted molar refractivity (Wildman–Crippen MR) is 94.1 cm³/mol. The van der Waals surface area contributed by atoms with Gasteiger partial charge in [0.2, 0.25) is 0 Å². The SMILES string of the molecule is Cc1ccc(-n2cc(C(=O)N3C(C(=O)O)CC4CCCCC43)nn2)cc1. The molecule has 1 N–H and O–H groups in total. The fraction of sp³-hybridized carbons (Fsp3) is 0.474. The predicted octanol–water partition coefficient (Wildman–Crippen LogP) is 2.43. The van der Waals surface area contributed by atoms with Crippen LogP contribution in [-0.4, -0.2) is 49.0 Å². The standard InChI is InChI=1S/C19H22N4O3/c1-12-6-8-14(9-7-12)22-11-15(20-21-22)18(24)23-16-5-3-2-4-13(16)10-17(23)19(25)26/h6-9,11,13,16-17H,2-5,10H2,1H3,(H,25,26). The minimum absolute atomic E-state index is 0.00174. The molecule has 3 atom stereocenters. The first-order valence-electron chi connectivity index (χ1n) is 9.09. The summed E-state index contributed by atoms with van der Waals surface area (Å²) in [6.07, 6.45) is 6.13. The van der Waals surface area contributed by atoms with Gasteiger partial charge in [0, 0.05) is 6.04 Å². The van der Waals surface area contributed by atoms with Gasteiger partial charge in [-0.05, 0) is 44.2 Å². The smallest absolute Gasteiger partial charge is 0.326 e. The Morgan fingerprint density at radius 3 is 2.62 bits per heavy atom. The molecule has 0 spiro atoms. The molecule has 1 saturated heterocycles. The molecule has 136 valence electrons. The molecule has 2 heterocycles. The summed E-state index contributed by atoms with van der Waals surface area (Å²) in [5.41, 5.74) is 2.15. The number of nitrogens with zero attached hydrogens (tertiary/aromatic N) is 4. The van der Waals surface area contributed by atoms with Crippen LogP contribution in [0.4, 0.5) is 0 Å². The van der Waals surface area contributed by atoms with E-state index in [4.69, 9.17) is 0 Å². The van der Waals surface area contributed by atoms with E-state index in [-0.39, 0.29) is 23.6 Å². The second kappa shape index (κ2) is 6.55. The first-order valence-corrected chi connectivity index (χ1v) is 9.09. The Bertz CT molecular complexity index is 830. The number of likely N-dealkylation sites (tertiary alicyclic amines) is 1. The third kappa shape index (κ3) is 2.87. The highest BCUT2D eigenvalue weighted by Gasteiger charge is 2.48. The maximum Gasteiger partial charge on any atom is 0.326 e. The highest BCUT2D eigenvalue weighted by atomic mass is 16.4. The van der Waals surface area contributed by atoms with Gasteiger partial charge in [-0.1, -0.05) is 35.8 Å². The van der Waals surface area contributed by atoms with Crippen molar-refractivity contribution in [3.63, 3.8) is 0 Å². The van der Waals surface area contributed by atoms with Crippen molar-refractivity contribution in [2.24, 2.45) is 5.92 Å². The third-order valence-electron chi connectivity index (χ3n) is 5.62. The summed E-state index contributed by atoms with van der Waals surface area (Å²) in [6.45, 7) is 2.00. The van der Waals surface area contributed by atoms with Gasteiger partial charge in [0.15, 0.2) is 5.69 Å². The molecule has 0 radical (unpaired) electrons. The van der Waals surface area contributed by atoms with Crippen LogP contribution in [0, 0.1) is 12.8 Å². The number of hydrogen-bond donors (Lipinski definition) is 1. The third-order valence-corrected chi connectivity index (χ3v) is 5.62. The van der Waals surface area contributed by atoms with E-state index in [2.05, 4.69) is 10.3 Å². The normalized spacial score (nSPS) is 25.1. The molecule has 1 saturated carbocycles. The van der Waals surface area contributed by atoms with Crippen LogP contribution in [-0.2, 0) is 4.79 Å². The molecule has 7 heteroatoms. The number of carbonyl (C=O) groups is 2. The van der Waals surface area contributed by atoms with Gasteiger partial charge >= 0.3 is 5.97 Å². The van der Waals surface area contributed by atoms with E-state index < -0.39 is 12.0 Å². The van der Waals surface area contributed by atoms with E-state index in [0.29, 0.717) is 6.42 Å². The molecule has 2 fully saturated rings. The first kappa shape index (κ1) is 16.8. The summed E-state index contributed by atoms with van der Waals surface area (Å²) < 4.78 is 1.55. The van der Waals surface area contributed by atoms with Crippen LogP contribution in [0.25, 0.3) is 5.69 Å². The zero-order chi connectivity index (χ0) is 18.3. The topological polar surface area (TPSA) is 88.3 Å². The second-order valence-electron chi connectivity index (χ2n) is 7.30.